The Morgan fingerprint density at radius 2 is 2.12 bits per heavy atom. The lowest BCUT2D eigenvalue weighted by atomic mass is 10.1. The van der Waals surface area contributed by atoms with Crippen molar-refractivity contribution in [3.05, 3.63) is 34.1 Å². The molecule has 0 saturated carbocycles. The Kier molecular flexibility index (Phi) is 2.05. The highest BCUT2D eigenvalue weighted by molar-refractivity contribution is 7.00. The molecule has 5 nitrogen and oxygen atoms in total. The summed E-state index contributed by atoms with van der Waals surface area (Å²) in [4.78, 5) is 27.6. The Labute approximate surface area is 99.4 Å². The van der Waals surface area contributed by atoms with Gasteiger partial charge in [0.2, 0.25) is 5.43 Å². The zero-order chi connectivity index (χ0) is 12.0. The van der Waals surface area contributed by atoms with E-state index in [1.54, 1.807) is 12.1 Å². The summed E-state index contributed by atoms with van der Waals surface area (Å²) in [5.41, 5.74) is 1.76. The van der Waals surface area contributed by atoms with Crippen LogP contribution < -0.4 is 5.43 Å². The van der Waals surface area contributed by atoms with Crippen LogP contribution in [0.2, 0.25) is 0 Å². The molecular weight excluding hydrogens is 238 g/mol. The summed E-state index contributed by atoms with van der Waals surface area (Å²) in [6, 6.07) is 3.53. The molecule has 0 bridgehead atoms. The van der Waals surface area contributed by atoms with E-state index in [0.29, 0.717) is 21.9 Å². The second-order valence-corrected chi connectivity index (χ2v) is 4.26. The molecule has 0 unspecified atom stereocenters. The van der Waals surface area contributed by atoms with Crippen LogP contribution in [-0.2, 0) is 0 Å². The van der Waals surface area contributed by atoms with Gasteiger partial charge in [-0.05, 0) is 19.1 Å². The maximum Gasteiger partial charge on any atom is 0.202 e. The van der Waals surface area contributed by atoms with E-state index in [2.05, 4.69) is 13.7 Å². The maximum atomic E-state index is 12.2. The molecule has 0 amide bonds. The first kappa shape index (κ1) is 10.1. The van der Waals surface area contributed by atoms with E-state index in [-0.39, 0.29) is 16.8 Å². The van der Waals surface area contributed by atoms with E-state index in [1.165, 1.54) is 13.1 Å². The first-order valence-electron chi connectivity index (χ1n) is 4.95. The lowest BCUT2D eigenvalue weighted by Gasteiger charge is -1.99. The van der Waals surface area contributed by atoms with Crippen molar-refractivity contribution < 1.29 is 4.79 Å². The molecule has 84 valence electrons. The molecule has 0 aliphatic carbocycles. The van der Waals surface area contributed by atoms with Gasteiger partial charge in [-0.3, -0.25) is 18.9 Å². The van der Waals surface area contributed by atoms with Crippen LogP contribution in [0.1, 0.15) is 17.3 Å². The number of nitrogens with one attached hydrogen (secondary N) is 1. The van der Waals surface area contributed by atoms with Crippen molar-refractivity contribution in [1.29, 1.82) is 0 Å². The number of hydrogen-bond donors (Lipinski definition) is 1. The number of ketones is 1. The number of pyridine rings is 1. The van der Waals surface area contributed by atoms with Crippen molar-refractivity contribution in [2.75, 3.05) is 0 Å². The van der Waals surface area contributed by atoms with E-state index >= 15 is 0 Å². The second-order valence-electron chi connectivity index (χ2n) is 3.70. The molecule has 0 radical (unpaired) electrons. The molecule has 0 atom stereocenters. The van der Waals surface area contributed by atoms with Crippen LogP contribution in [0.5, 0.6) is 0 Å². The molecule has 6 heteroatoms. The lowest BCUT2D eigenvalue weighted by molar-refractivity contribution is 0.101. The first-order chi connectivity index (χ1) is 8.18. The van der Waals surface area contributed by atoms with E-state index < -0.39 is 0 Å². The number of carbonyl (C=O) groups is 1. The molecular formula is C11H7N3O2S. The van der Waals surface area contributed by atoms with Crippen molar-refractivity contribution in [1.82, 2.24) is 13.7 Å². The average Bonchev–Trinajstić information content (AvgIpc) is 2.76. The van der Waals surface area contributed by atoms with Crippen molar-refractivity contribution in [2.24, 2.45) is 0 Å². The van der Waals surface area contributed by atoms with E-state index in [4.69, 9.17) is 0 Å². The molecule has 2 aromatic heterocycles. The minimum Gasteiger partial charge on any atom is -0.294 e. The van der Waals surface area contributed by atoms with Crippen molar-refractivity contribution >= 4 is 39.4 Å². The Morgan fingerprint density at radius 1 is 1.35 bits per heavy atom. The third-order valence-corrected chi connectivity index (χ3v) is 3.22. The molecule has 3 rings (SSSR count). The van der Waals surface area contributed by atoms with Gasteiger partial charge in [0.15, 0.2) is 5.78 Å². The Balaban J connectivity index is 2.60. The smallest absolute Gasteiger partial charge is 0.202 e. The van der Waals surface area contributed by atoms with E-state index in [9.17, 15) is 9.59 Å². The molecule has 0 saturated heterocycles. The SMILES string of the molecule is CC(=O)c1cnc2ccc3ns[nH]c3c2c1=O. The zero-order valence-corrected chi connectivity index (χ0v) is 9.67. The molecule has 0 spiro atoms. The van der Waals surface area contributed by atoms with Crippen molar-refractivity contribution in [3.63, 3.8) is 0 Å². The maximum absolute atomic E-state index is 12.2. The van der Waals surface area contributed by atoms with Gasteiger partial charge in [0, 0.05) is 17.9 Å². The molecule has 0 aliphatic heterocycles. The number of aromatic nitrogens is 3. The summed E-state index contributed by atoms with van der Waals surface area (Å²) in [7, 11) is 0. The van der Waals surface area contributed by atoms with Crippen LogP contribution in [0.15, 0.2) is 23.1 Å². The summed E-state index contributed by atoms with van der Waals surface area (Å²) in [5, 5.41) is 0.434. The van der Waals surface area contributed by atoms with Gasteiger partial charge in [-0.1, -0.05) is 0 Å². The van der Waals surface area contributed by atoms with Gasteiger partial charge in [-0.25, -0.2) is 0 Å². The number of fused-ring (bicyclic) bond motifs is 3. The predicted octanol–water partition coefficient (Wildman–Crippen LogP) is 1.74. The number of H-pyrrole nitrogens is 1. The monoisotopic (exact) mass is 245 g/mol. The van der Waals surface area contributed by atoms with E-state index in [0.717, 1.165) is 11.7 Å². The molecule has 0 aliphatic rings. The summed E-state index contributed by atoms with van der Waals surface area (Å²) in [6.45, 7) is 1.36. The van der Waals surface area contributed by atoms with Crippen LogP contribution in [0.3, 0.4) is 0 Å². The minimum absolute atomic E-state index is 0.115. The van der Waals surface area contributed by atoms with Crippen molar-refractivity contribution in [3.8, 4) is 0 Å². The Bertz CT molecular complexity index is 803. The van der Waals surface area contributed by atoms with Crippen LogP contribution in [0.4, 0.5) is 0 Å². The zero-order valence-electron chi connectivity index (χ0n) is 8.85. The van der Waals surface area contributed by atoms with Gasteiger partial charge >= 0.3 is 0 Å². The summed E-state index contributed by atoms with van der Waals surface area (Å²) in [5.74, 6) is -0.274. The fourth-order valence-electron chi connectivity index (χ4n) is 1.79. The molecule has 0 fully saturated rings. The minimum atomic E-state index is -0.287. The highest BCUT2D eigenvalue weighted by Gasteiger charge is 2.13. The predicted molar refractivity (Wildman–Crippen MR) is 65.5 cm³/mol. The topological polar surface area (TPSA) is 75.7 Å². The van der Waals surface area contributed by atoms with Crippen molar-refractivity contribution in [2.45, 2.75) is 6.92 Å². The van der Waals surface area contributed by atoms with Crippen LogP contribution in [0.25, 0.3) is 21.9 Å². The standard InChI is InChI=1S/C11H7N3O2S/c1-5(15)6-4-12-7-2-3-8-10(14-17-13-8)9(7)11(6)16/h2-4,14H,1H3. The summed E-state index contributed by atoms with van der Waals surface area (Å²) >= 11 is 1.16. The summed E-state index contributed by atoms with van der Waals surface area (Å²) < 4.78 is 7.07. The van der Waals surface area contributed by atoms with Gasteiger partial charge in [-0.15, -0.1) is 0 Å². The molecule has 3 aromatic rings. The van der Waals surface area contributed by atoms with E-state index in [1.807, 2.05) is 0 Å². The number of nitrogens with zero attached hydrogens (tertiary/aromatic N) is 2. The largest absolute Gasteiger partial charge is 0.294 e. The number of carbonyl (C=O) groups excluding carboxylic acids is 1. The average molecular weight is 245 g/mol. The Morgan fingerprint density at radius 3 is 2.88 bits per heavy atom. The van der Waals surface area contributed by atoms with Gasteiger partial charge < -0.3 is 0 Å². The molecule has 1 N–H and O–H groups in total. The summed E-state index contributed by atoms with van der Waals surface area (Å²) in [6.07, 6.45) is 1.33. The van der Waals surface area contributed by atoms with Crippen LogP contribution in [-0.4, -0.2) is 19.5 Å². The van der Waals surface area contributed by atoms with Gasteiger partial charge in [-0.2, -0.15) is 4.37 Å². The highest BCUT2D eigenvalue weighted by Crippen LogP contribution is 2.19. The highest BCUT2D eigenvalue weighted by atomic mass is 32.1. The number of Topliss-reactive ketones (excluding diaryl/α,β-unsaturated/α-hetero) is 1. The van der Waals surface area contributed by atoms with Gasteiger partial charge in [0.05, 0.1) is 22.0 Å². The fourth-order valence-corrected chi connectivity index (χ4v) is 2.39. The Hall–Kier alpha value is -2.08. The number of hydrogen-bond acceptors (Lipinski definition) is 5. The number of benzene rings is 1. The fraction of sp³-hybridized carbons (Fsp3) is 0.0909. The second kappa shape index (κ2) is 3.46. The lowest BCUT2D eigenvalue weighted by Crippen LogP contribution is -2.14. The normalized spacial score (nSPS) is 11.1. The third kappa shape index (κ3) is 1.38. The molecule has 17 heavy (non-hydrogen) atoms. The van der Waals surface area contributed by atoms with Crippen LogP contribution in [0, 0.1) is 0 Å². The van der Waals surface area contributed by atoms with Gasteiger partial charge in [0.25, 0.3) is 0 Å². The molecule has 2 heterocycles. The third-order valence-electron chi connectivity index (χ3n) is 2.64. The number of rotatable bonds is 1. The first-order valence-corrected chi connectivity index (χ1v) is 5.72. The molecule has 1 aromatic carbocycles. The van der Waals surface area contributed by atoms with Gasteiger partial charge in [0.1, 0.15) is 5.52 Å². The quantitative estimate of drug-likeness (QED) is 0.662. The van der Waals surface area contributed by atoms with Crippen LogP contribution >= 0.6 is 11.7 Å². The number of aromatic amines is 1.